The second-order valence-corrected chi connectivity index (χ2v) is 4.10. The van der Waals surface area contributed by atoms with E-state index >= 15 is 0 Å². The van der Waals surface area contributed by atoms with Crippen LogP contribution in [-0.2, 0) is 12.8 Å². The van der Waals surface area contributed by atoms with Crippen LogP contribution in [0.2, 0.25) is 0 Å². The Balaban J connectivity index is 2.27. The molecule has 1 heterocycles. The second kappa shape index (κ2) is 4.01. The van der Waals surface area contributed by atoms with E-state index in [2.05, 4.69) is 16.2 Å². The van der Waals surface area contributed by atoms with Gasteiger partial charge < -0.3 is 5.21 Å². The second-order valence-electron chi connectivity index (χ2n) is 4.10. The summed E-state index contributed by atoms with van der Waals surface area (Å²) < 4.78 is 0. The van der Waals surface area contributed by atoms with Crippen molar-refractivity contribution in [3.63, 3.8) is 0 Å². The number of benzene rings is 1. The molecule has 1 N–H and O–H groups in total. The molecule has 84 valence electrons. The molecule has 0 unspecified atom stereocenters. The summed E-state index contributed by atoms with van der Waals surface area (Å²) in [6.07, 6.45) is 3.59. The average molecular weight is 224 g/mol. The van der Waals surface area contributed by atoms with E-state index in [1.165, 1.54) is 5.56 Å². The van der Waals surface area contributed by atoms with Crippen LogP contribution in [0.4, 0.5) is 0 Å². The predicted octanol–water partition coefficient (Wildman–Crippen LogP) is 2.41. The minimum Gasteiger partial charge on any atom is -0.410 e. The molecule has 17 heavy (non-hydrogen) atoms. The summed E-state index contributed by atoms with van der Waals surface area (Å²) in [7, 11) is 0. The molecule has 3 heteroatoms. The zero-order valence-electron chi connectivity index (χ0n) is 9.30. The fraction of sp³-hybridized carbons (Fsp3) is 0.143. The molecule has 0 aliphatic heterocycles. The number of fused-ring (bicyclic) bond motifs is 2. The lowest BCUT2D eigenvalue weighted by atomic mass is 10.00. The van der Waals surface area contributed by atoms with Crippen LogP contribution in [0.15, 0.2) is 47.8 Å². The maximum absolute atomic E-state index is 9.27. The van der Waals surface area contributed by atoms with E-state index in [-0.39, 0.29) is 0 Å². The highest BCUT2D eigenvalue weighted by Crippen LogP contribution is 2.23. The van der Waals surface area contributed by atoms with Gasteiger partial charge in [0.2, 0.25) is 0 Å². The summed E-state index contributed by atoms with van der Waals surface area (Å²) in [6, 6.07) is 11.9. The Kier molecular flexibility index (Phi) is 2.37. The maximum Gasteiger partial charge on any atom is 0.119 e. The lowest BCUT2D eigenvalue weighted by Gasteiger charge is -2.07. The van der Waals surface area contributed by atoms with Gasteiger partial charge >= 0.3 is 0 Å². The lowest BCUT2D eigenvalue weighted by molar-refractivity contribution is 0.319. The van der Waals surface area contributed by atoms with Crippen molar-refractivity contribution in [2.24, 2.45) is 5.16 Å². The van der Waals surface area contributed by atoms with Crippen LogP contribution in [0.25, 0.3) is 0 Å². The highest BCUT2D eigenvalue weighted by Gasteiger charge is 2.19. The molecular weight excluding hydrogens is 212 g/mol. The van der Waals surface area contributed by atoms with Gasteiger partial charge in [-0.15, -0.1) is 0 Å². The monoisotopic (exact) mass is 224 g/mol. The van der Waals surface area contributed by atoms with Crippen LogP contribution in [0, 0.1) is 0 Å². The lowest BCUT2D eigenvalue weighted by Crippen LogP contribution is -2.06. The van der Waals surface area contributed by atoms with E-state index in [0.717, 1.165) is 29.7 Å². The first-order chi connectivity index (χ1) is 8.40. The molecule has 0 radical (unpaired) electrons. The van der Waals surface area contributed by atoms with Crippen molar-refractivity contribution in [2.45, 2.75) is 12.8 Å². The van der Waals surface area contributed by atoms with Crippen molar-refractivity contribution in [3.8, 4) is 0 Å². The van der Waals surface area contributed by atoms with Crippen LogP contribution in [0.1, 0.15) is 22.4 Å². The largest absolute Gasteiger partial charge is 0.410 e. The van der Waals surface area contributed by atoms with E-state index in [0.29, 0.717) is 5.71 Å². The Morgan fingerprint density at radius 2 is 1.82 bits per heavy atom. The maximum atomic E-state index is 9.27. The molecular formula is C14H12N2O. The molecule has 1 aliphatic carbocycles. The summed E-state index contributed by atoms with van der Waals surface area (Å²) in [5.74, 6) is 0. The molecule has 1 aliphatic rings. The molecule has 3 rings (SSSR count). The third-order valence-corrected chi connectivity index (χ3v) is 3.15. The van der Waals surface area contributed by atoms with E-state index in [4.69, 9.17) is 0 Å². The van der Waals surface area contributed by atoms with Gasteiger partial charge in [-0.25, -0.2) is 0 Å². The van der Waals surface area contributed by atoms with E-state index in [1.807, 2.05) is 30.3 Å². The van der Waals surface area contributed by atoms with Gasteiger partial charge in [-0.05, 0) is 30.5 Å². The van der Waals surface area contributed by atoms with Gasteiger partial charge in [0.05, 0.1) is 5.69 Å². The van der Waals surface area contributed by atoms with Gasteiger partial charge in [0, 0.05) is 17.3 Å². The summed E-state index contributed by atoms with van der Waals surface area (Å²) in [6.45, 7) is 0. The topological polar surface area (TPSA) is 45.5 Å². The van der Waals surface area contributed by atoms with E-state index in [9.17, 15) is 5.21 Å². The van der Waals surface area contributed by atoms with Gasteiger partial charge in [-0.3, -0.25) is 4.98 Å². The van der Waals surface area contributed by atoms with Gasteiger partial charge in [-0.2, -0.15) is 0 Å². The summed E-state index contributed by atoms with van der Waals surface area (Å²) >= 11 is 0. The Morgan fingerprint density at radius 1 is 1.00 bits per heavy atom. The molecule has 3 nitrogen and oxygen atoms in total. The first kappa shape index (κ1) is 10.0. The Hall–Kier alpha value is -2.16. The smallest absolute Gasteiger partial charge is 0.119 e. The first-order valence-electron chi connectivity index (χ1n) is 5.65. The SMILES string of the molecule is ON=C1c2ccccc2CCc2ncccc21. The first-order valence-corrected chi connectivity index (χ1v) is 5.65. The number of aromatic nitrogens is 1. The number of hydrogen-bond donors (Lipinski definition) is 1. The molecule has 1 aromatic carbocycles. The van der Waals surface area contributed by atoms with Crippen molar-refractivity contribution in [1.29, 1.82) is 0 Å². The van der Waals surface area contributed by atoms with Gasteiger partial charge in [0.1, 0.15) is 5.71 Å². The molecule has 0 spiro atoms. The molecule has 0 atom stereocenters. The summed E-state index contributed by atoms with van der Waals surface area (Å²) in [4.78, 5) is 4.37. The summed E-state index contributed by atoms with van der Waals surface area (Å²) in [5.41, 5.74) is 4.76. The van der Waals surface area contributed by atoms with Gasteiger partial charge in [-0.1, -0.05) is 29.4 Å². The van der Waals surface area contributed by atoms with Crippen molar-refractivity contribution in [3.05, 3.63) is 65.0 Å². The van der Waals surface area contributed by atoms with Gasteiger partial charge in [0.15, 0.2) is 0 Å². The van der Waals surface area contributed by atoms with Crippen molar-refractivity contribution < 1.29 is 5.21 Å². The predicted molar refractivity (Wildman–Crippen MR) is 65.5 cm³/mol. The number of oxime groups is 1. The molecule has 2 aromatic rings. The van der Waals surface area contributed by atoms with Crippen LogP contribution in [0.3, 0.4) is 0 Å². The molecule has 0 saturated heterocycles. The van der Waals surface area contributed by atoms with Crippen molar-refractivity contribution >= 4 is 5.71 Å². The third kappa shape index (κ3) is 1.60. The number of rotatable bonds is 0. The molecule has 1 aromatic heterocycles. The molecule has 0 amide bonds. The fourth-order valence-electron chi connectivity index (χ4n) is 2.33. The Labute approximate surface area is 99.4 Å². The standard InChI is InChI=1S/C14H12N2O/c17-16-14-11-5-2-1-4-10(11)7-8-13-12(14)6-3-9-15-13/h1-6,9,17H,7-8H2. The number of aryl methyl sites for hydroxylation is 2. The molecule has 0 bridgehead atoms. The normalized spacial score (nSPS) is 16.1. The van der Waals surface area contributed by atoms with Crippen molar-refractivity contribution in [2.75, 3.05) is 0 Å². The van der Waals surface area contributed by atoms with Crippen molar-refractivity contribution in [1.82, 2.24) is 4.98 Å². The number of pyridine rings is 1. The Morgan fingerprint density at radius 3 is 2.71 bits per heavy atom. The Bertz CT molecular complexity index is 541. The third-order valence-electron chi connectivity index (χ3n) is 3.15. The summed E-state index contributed by atoms with van der Waals surface area (Å²) in [5, 5.41) is 12.7. The quantitative estimate of drug-likeness (QED) is 0.551. The zero-order chi connectivity index (χ0) is 11.7. The number of hydrogen-bond acceptors (Lipinski definition) is 3. The average Bonchev–Trinajstić information content (AvgIpc) is 2.55. The minimum atomic E-state index is 0.626. The highest BCUT2D eigenvalue weighted by molar-refractivity contribution is 6.14. The zero-order valence-corrected chi connectivity index (χ0v) is 9.30. The molecule has 0 fully saturated rings. The van der Waals surface area contributed by atoms with Crippen LogP contribution < -0.4 is 0 Å². The van der Waals surface area contributed by atoms with Crippen LogP contribution >= 0.6 is 0 Å². The van der Waals surface area contributed by atoms with Crippen LogP contribution in [-0.4, -0.2) is 15.9 Å². The van der Waals surface area contributed by atoms with E-state index in [1.54, 1.807) is 6.20 Å². The van der Waals surface area contributed by atoms with Crippen LogP contribution in [0.5, 0.6) is 0 Å². The minimum absolute atomic E-state index is 0.626. The number of nitrogens with zero attached hydrogens (tertiary/aromatic N) is 2. The highest BCUT2D eigenvalue weighted by atomic mass is 16.4. The fourth-order valence-corrected chi connectivity index (χ4v) is 2.33. The van der Waals surface area contributed by atoms with Gasteiger partial charge in [0.25, 0.3) is 0 Å². The molecule has 0 saturated carbocycles. The van der Waals surface area contributed by atoms with E-state index < -0.39 is 0 Å².